The Balaban J connectivity index is 3.27. The van der Waals surface area contributed by atoms with Crippen molar-refractivity contribution in [3.63, 3.8) is 0 Å². The molecule has 0 saturated carbocycles. The number of rotatable bonds is 9. The van der Waals surface area contributed by atoms with Gasteiger partial charge in [-0.2, -0.15) is 0 Å². The number of Topliss-reactive ketones (excluding diaryl/α,β-unsaturated/α-hetero) is 1. The van der Waals surface area contributed by atoms with E-state index in [1.807, 2.05) is 0 Å². The van der Waals surface area contributed by atoms with Crippen LogP contribution in [0.15, 0.2) is 24.3 Å². The van der Waals surface area contributed by atoms with Gasteiger partial charge in [-0.1, -0.05) is 23.7 Å². The van der Waals surface area contributed by atoms with Gasteiger partial charge in [-0.05, 0) is 26.0 Å². The summed E-state index contributed by atoms with van der Waals surface area (Å²) in [5.41, 5.74) is -2.14. The van der Waals surface area contributed by atoms with E-state index in [0.29, 0.717) is 0 Å². The van der Waals surface area contributed by atoms with Crippen LogP contribution in [0.3, 0.4) is 0 Å². The number of nitrogens with one attached hydrogen (secondary N) is 1. The lowest BCUT2D eigenvalue weighted by molar-refractivity contribution is -0.167. The molecule has 0 radical (unpaired) electrons. The van der Waals surface area contributed by atoms with Gasteiger partial charge in [0.2, 0.25) is 11.9 Å². The first-order chi connectivity index (χ1) is 11.4. The lowest BCUT2D eigenvalue weighted by atomic mass is 9.90. The van der Waals surface area contributed by atoms with E-state index >= 15 is 0 Å². The van der Waals surface area contributed by atoms with Crippen LogP contribution in [0.4, 0.5) is 0 Å². The molecule has 24 heavy (non-hydrogen) atoms. The zero-order valence-corrected chi connectivity index (χ0v) is 14.1. The third-order valence-corrected chi connectivity index (χ3v) is 3.48. The Kier molecular flexibility index (Phi) is 7.38. The summed E-state index contributed by atoms with van der Waals surface area (Å²) in [4.78, 5) is 48.1. The molecule has 1 aromatic rings. The highest BCUT2D eigenvalue weighted by atomic mass is 35.5. The first-order valence-corrected chi connectivity index (χ1v) is 7.64. The summed E-state index contributed by atoms with van der Waals surface area (Å²) < 4.78 is 9.70. The maximum Gasteiger partial charge on any atom is 0.344 e. The molecule has 0 aliphatic rings. The van der Waals surface area contributed by atoms with Gasteiger partial charge < -0.3 is 14.8 Å². The van der Waals surface area contributed by atoms with Crippen molar-refractivity contribution < 1.29 is 28.7 Å². The molecule has 0 aliphatic carbocycles. The van der Waals surface area contributed by atoms with Gasteiger partial charge >= 0.3 is 11.9 Å². The average molecular weight is 356 g/mol. The number of hydrogen-bond acceptors (Lipinski definition) is 6. The predicted molar refractivity (Wildman–Crippen MR) is 85.6 cm³/mol. The molecule has 1 aromatic carbocycles. The van der Waals surface area contributed by atoms with Gasteiger partial charge in [0.25, 0.3) is 0 Å². The van der Waals surface area contributed by atoms with E-state index in [2.05, 4.69) is 5.32 Å². The predicted octanol–water partition coefficient (Wildman–Crippen LogP) is 1.52. The molecule has 1 rings (SSSR count). The first kappa shape index (κ1) is 19.6. The van der Waals surface area contributed by atoms with Crippen molar-refractivity contribution in [1.29, 1.82) is 0 Å². The maximum absolute atomic E-state index is 12.5. The minimum atomic E-state index is -2.26. The van der Waals surface area contributed by atoms with Crippen LogP contribution in [-0.2, 0) is 23.9 Å². The maximum atomic E-state index is 12.5. The Morgan fingerprint density at radius 3 is 2.12 bits per heavy atom. The lowest BCUT2D eigenvalue weighted by Gasteiger charge is -2.27. The third kappa shape index (κ3) is 4.32. The van der Waals surface area contributed by atoms with Crippen molar-refractivity contribution in [1.82, 2.24) is 5.32 Å². The standard InChI is InChI=1S/C16H18ClNO6/c1-3-23-14(21)16(18-10-19,15(22)24-4-2)9-13(20)11-7-5-6-8-12(11)17/h5-8,10H,3-4,9H2,1-2H3,(H,18,19). The molecule has 0 heterocycles. The molecule has 1 amide bonds. The van der Waals surface area contributed by atoms with E-state index in [0.717, 1.165) is 0 Å². The molecule has 0 fully saturated rings. The van der Waals surface area contributed by atoms with Gasteiger partial charge in [-0.25, -0.2) is 9.59 Å². The van der Waals surface area contributed by atoms with Crippen LogP contribution in [0.2, 0.25) is 5.02 Å². The van der Waals surface area contributed by atoms with E-state index in [9.17, 15) is 19.2 Å². The Hall–Kier alpha value is -2.41. The van der Waals surface area contributed by atoms with Crippen molar-refractivity contribution >= 4 is 35.7 Å². The van der Waals surface area contributed by atoms with Crippen LogP contribution in [0.25, 0.3) is 0 Å². The van der Waals surface area contributed by atoms with Crippen molar-refractivity contribution in [2.75, 3.05) is 13.2 Å². The third-order valence-electron chi connectivity index (χ3n) is 3.15. The molecular weight excluding hydrogens is 338 g/mol. The number of ether oxygens (including phenoxy) is 2. The minimum Gasteiger partial charge on any atom is -0.464 e. The molecule has 0 saturated heterocycles. The first-order valence-electron chi connectivity index (χ1n) is 7.26. The number of esters is 2. The summed E-state index contributed by atoms with van der Waals surface area (Å²) >= 11 is 5.96. The molecule has 0 aromatic heterocycles. The van der Waals surface area contributed by atoms with Crippen molar-refractivity contribution in [3.05, 3.63) is 34.9 Å². The second-order valence-electron chi connectivity index (χ2n) is 4.69. The topological polar surface area (TPSA) is 98.8 Å². The fourth-order valence-electron chi connectivity index (χ4n) is 2.03. The molecule has 7 nitrogen and oxygen atoms in total. The molecule has 130 valence electrons. The molecule has 8 heteroatoms. The summed E-state index contributed by atoms with van der Waals surface area (Å²) in [6, 6.07) is 6.17. The molecular formula is C16H18ClNO6. The minimum absolute atomic E-state index is 0.0409. The van der Waals surface area contributed by atoms with Crippen LogP contribution < -0.4 is 5.32 Å². The van der Waals surface area contributed by atoms with Crippen LogP contribution >= 0.6 is 11.6 Å². The zero-order chi connectivity index (χ0) is 18.2. The largest absolute Gasteiger partial charge is 0.464 e. The van der Waals surface area contributed by atoms with Crippen molar-refractivity contribution in [3.8, 4) is 0 Å². The smallest absolute Gasteiger partial charge is 0.344 e. The monoisotopic (exact) mass is 355 g/mol. The van der Waals surface area contributed by atoms with Gasteiger partial charge in [0.1, 0.15) is 0 Å². The summed E-state index contributed by atoms with van der Waals surface area (Å²) in [6.45, 7) is 2.98. The van der Waals surface area contributed by atoms with Gasteiger partial charge in [0, 0.05) is 5.56 Å². The number of ketones is 1. The fraction of sp³-hybridized carbons (Fsp3) is 0.375. The quantitative estimate of drug-likeness (QED) is 0.312. The van der Waals surface area contributed by atoms with Crippen LogP contribution in [0.1, 0.15) is 30.6 Å². The molecule has 1 N–H and O–H groups in total. The molecule has 0 spiro atoms. The average Bonchev–Trinajstić information content (AvgIpc) is 2.55. The van der Waals surface area contributed by atoms with Crippen LogP contribution in [0.5, 0.6) is 0 Å². The number of halogens is 1. The van der Waals surface area contributed by atoms with E-state index in [1.54, 1.807) is 12.1 Å². The fourth-order valence-corrected chi connectivity index (χ4v) is 2.27. The number of carbonyl (C=O) groups is 4. The lowest BCUT2D eigenvalue weighted by Crippen LogP contribution is -2.60. The zero-order valence-electron chi connectivity index (χ0n) is 13.3. The summed E-state index contributed by atoms with van der Waals surface area (Å²) in [6.07, 6.45) is -0.527. The highest BCUT2D eigenvalue weighted by molar-refractivity contribution is 6.34. The van der Waals surface area contributed by atoms with Crippen molar-refractivity contribution in [2.45, 2.75) is 25.8 Å². The van der Waals surface area contributed by atoms with E-state index in [4.69, 9.17) is 21.1 Å². The summed E-state index contributed by atoms with van der Waals surface area (Å²) in [5.74, 6) is -2.76. The normalized spacial score (nSPS) is 10.6. The second kappa shape index (κ2) is 9.02. The SMILES string of the molecule is CCOC(=O)C(CC(=O)c1ccccc1Cl)(NC=O)C(=O)OCC. The highest BCUT2D eigenvalue weighted by Gasteiger charge is 2.51. The van der Waals surface area contributed by atoms with Crippen LogP contribution in [-0.4, -0.2) is 42.9 Å². The Morgan fingerprint density at radius 1 is 1.12 bits per heavy atom. The molecule has 0 aliphatic heterocycles. The number of amides is 1. The van der Waals surface area contributed by atoms with E-state index in [1.165, 1.54) is 26.0 Å². The van der Waals surface area contributed by atoms with Crippen LogP contribution in [0, 0.1) is 0 Å². The Morgan fingerprint density at radius 2 is 1.67 bits per heavy atom. The summed E-state index contributed by atoms with van der Waals surface area (Å²) in [5, 5.41) is 2.25. The second-order valence-corrected chi connectivity index (χ2v) is 5.10. The molecule has 0 unspecified atom stereocenters. The van der Waals surface area contributed by atoms with Gasteiger partial charge in [0.05, 0.1) is 24.7 Å². The van der Waals surface area contributed by atoms with Gasteiger partial charge in [0.15, 0.2) is 5.78 Å². The van der Waals surface area contributed by atoms with E-state index < -0.39 is 29.7 Å². The molecule has 0 atom stereocenters. The molecule has 0 bridgehead atoms. The summed E-state index contributed by atoms with van der Waals surface area (Å²) in [7, 11) is 0. The van der Waals surface area contributed by atoms with E-state index in [-0.39, 0.29) is 30.2 Å². The van der Waals surface area contributed by atoms with Gasteiger partial charge in [-0.3, -0.25) is 9.59 Å². The number of benzene rings is 1. The number of hydrogen-bond donors (Lipinski definition) is 1. The Bertz CT molecular complexity index is 613. The Labute approximate surface area is 144 Å². The number of carbonyl (C=O) groups excluding carboxylic acids is 4. The van der Waals surface area contributed by atoms with Crippen molar-refractivity contribution in [2.24, 2.45) is 0 Å². The highest BCUT2D eigenvalue weighted by Crippen LogP contribution is 2.23. The van der Waals surface area contributed by atoms with Gasteiger partial charge in [-0.15, -0.1) is 0 Å².